The molecule has 0 saturated carbocycles. The van der Waals surface area contributed by atoms with E-state index in [2.05, 4.69) is 36.8 Å². The monoisotopic (exact) mass is 545 g/mol. The zero-order valence-electron chi connectivity index (χ0n) is 14.9. The van der Waals surface area contributed by atoms with Crippen molar-refractivity contribution in [2.45, 2.75) is 9.64 Å². The molecule has 1 atom stereocenters. The van der Waals surface area contributed by atoms with Crippen molar-refractivity contribution in [3.8, 4) is 5.75 Å². The Morgan fingerprint density at radius 1 is 1.14 bits per heavy atom. The van der Waals surface area contributed by atoms with E-state index in [-0.39, 0.29) is 5.78 Å². The number of hydrogen-bond donors (Lipinski definition) is 0. The number of benzene rings is 2. The minimum absolute atomic E-state index is 0.0854. The van der Waals surface area contributed by atoms with Crippen molar-refractivity contribution in [1.82, 2.24) is 4.90 Å². The summed E-state index contributed by atoms with van der Waals surface area (Å²) >= 11 is 14.6. The molecule has 8 heteroatoms. The van der Waals surface area contributed by atoms with Crippen LogP contribution in [0.5, 0.6) is 5.75 Å². The molecule has 1 saturated heterocycles. The third-order valence-corrected chi connectivity index (χ3v) is 7.46. The van der Waals surface area contributed by atoms with Gasteiger partial charge in [-0.25, -0.2) is 0 Å². The fraction of sp³-hybridized carbons (Fsp3) is 0.350. The van der Waals surface area contributed by atoms with Crippen molar-refractivity contribution in [3.63, 3.8) is 0 Å². The van der Waals surface area contributed by atoms with E-state index in [1.54, 1.807) is 11.8 Å². The van der Waals surface area contributed by atoms with Gasteiger partial charge in [0.1, 0.15) is 17.1 Å². The topological polar surface area (TPSA) is 38.8 Å². The maximum Gasteiger partial charge on any atom is 0.187 e. The molecule has 0 bridgehead atoms. The van der Waals surface area contributed by atoms with Gasteiger partial charge in [-0.15, -0.1) is 11.8 Å². The fourth-order valence-electron chi connectivity index (χ4n) is 3.45. The first-order valence-electron chi connectivity index (χ1n) is 8.88. The largest absolute Gasteiger partial charge is 0.490 e. The number of carbonyl (C=O) groups is 1. The van der Waals surface area contributed by atoms with Crippen molar-refractivity contribution < 1.29 is 14.3 Å². The molecule has 28 heavy (non-hydrogen) atoms. The smallest absolute Gasteiger partial charge is 0.187 e. The van der Waals surface area contributed by atoms with E-state index < -0.39 is 4.75 Å². The molecule has 4 nitrogen and oxygen atoms in total. The Labute approximate surface area is 190 Å². The molecule has 0 aliphatic carbocycles. The quantitative estimate of drug-likeness (QED) is 0.519. The summed E-state index contributed by atoms with van der Waals surface area (Å²) < 4.78 is 12.5. The van der Waals surface area contributed by atoms with Gasteiger partial charge in [-0.2, -0.15) is 0 Å². The number of fused-ring (bicyclic) bond motifs is 1. The van der Waals surface area contributed by atoms with E-state index in [9.17, 15) is 4.79 Å². The molecule has 0 aromatic heterocycles. The number of hydrogen-bond acceptors (Lipinski definition) is 5. The first-order valence-corrected chi connectivity index (χ1v) is 11.7. The average molecular weight is 548 g/mol. The van der Waals surface area contributed by atoms with Gasteiger partial charge >= 0.3 is 0 Å². The number of carbonyl (C=O) groups excluding carboxylic acids is 1. The van der Waals surface area contributed by atoms with Crippen molar-refractivity contribution >= 4 is 61.0 Å². The SMILES string of the molecule is O=C1c2cc(Br)cc(Br)c2OC[C@@]1(CN1CCOCC1)Sc1ccc(Cl)cc1. The summed E-state index contributed by atoms with van der Waals surface area (Å²) in [6.07, 6.45) is 0. The molecule has 0 N–H and O–H groups in total. The predicted molar refractivity (Wildman–Crippen MR) is 119 cm³/mol. The molecule has 2 aromatic carbocycles. The predicted octanol–water partition coefficient (Wildman–Crippen LogP) is 5.30. The van der Waals surface area contributed by atoms with Crippen LogP contribution in [0.3, 0.4) is 0 Å². The van der Waals surface area contributed by atoms with Crippen molar-refractivity contribution in [3.05, 3.63) is 55.9 Å². The maximum absolute atomic E-state index is 13.8. The lowest BCUT2D eigenvalue weighted by Gasteiger charge is -2.40. The number of morpholine rings is 1. The Bertz CT molecular complexity index is 890. The van der Waals surface area contributed by atoms with Crippen LogP contribution < -0.4 is 4.74 Å². The molecule has 0 radical (unpaired) electrons. The van der Waals surface area contributed by atoms with Crippen LogP contribution in [-0.2, 0) is 4.74 Å². The third kappa shape index (κ3) is 4.30. The van der Waals surface area contributed by atoms with Gasteiger partial charge in [0.2, 0.25) is 0 Å². The van der Waals surface area contributed by atoms with Crippen LogP contribution in [0, 0.1) is 0 Å². The highest BCUT2D eigenvalue weighted by Crippen LogP contribution is 2.45. The molecule has 2 aliphatic rings. The summed E-state index contributed by atoms with van der Waals surface area (Å²) in [6.45, 7) is 3.90. The molecule has 0 spiro atoms. The highest BCUT2D eigenvalue weighted by Gasteiger charge is 2.47. The van der Waals surface area contributed by atoms with E-state index in [4.69, 9.17) is 21.1 Å². The van der Waals surface area contributed by atoms with E-state index in [0.29, 0.717) is 42.7 Å². The van der Waals surface area contributed by atoms with Crippen molar-refractivity contribution in [2.75, 3.05) is 39.5 Å². The number of thioether (sulfide) groups is 1. The molecule has 2 aromatic rings. The normalized spacial score (nSPS) is 22.6. The molecule has 0 unspecified atom stereocenters. The standard InChI is InChI=1S/C20H18Br2ClNO3S/c21-13-9-16-18(17(22)10-13)27-12-20(19(16)25,11-24-5-7-26-8-6-24)28-15-3-1-14(23)2-4-15/h1-4,9-10H,5-8,11-12H2/t20-/m1/s1. The number of rotatable bonds is 4. The zero-order valence-corrected chi connectivity index (χ0v) is 19.7. The van der Waals surface area contributed by atoms with Gasteiger partial charge in [-0.3, -0.25) is 9.69 Å². The van der Waals surface area contributed by atoms with Gasteiger partial charge in [0.05, 0.1) is 23.2 Å². The highest BCUT2D eigenvalue weighted by molar-refractivity contribution is 9.11. The number of Topliss-reactive ketones (excluding diaryl/α,β-unsaturated/α-hetero) is 1. The van der Waals surface area contributed by atoms with Gasteiger partial charge in [0, 0.05) is 34.0 Å². The lowest BCUT2D eigenvalue weighted by atomic mass is 9.93. The van der Waals surface area contributed by atoms with Crippen LogP contribution in [0.2, 0.25) is 5.02 Å². The lowest BCUT2D eigenvalue weighted by molar-refractivity contribution is 0.0287. The zero-order chi connectivity index (χ0) is 19.7. The fourth-order valence-corrected chi connectivity index (χ4v) is 6.21. The van der Waals surface area contributed by atoms with Gasteiger partial charge < -0.3 is 9.47 Å². The van der Waals surface area contributed by atoms with Crippen LogP contribution in [0.1, 0.15) is 10.4 Å². The van der Waals surface area contributed by atoms with E-state index >= 15 is 0 Å². The second-order valence-corrected chi connectivity index (χ2v) is 10.5. The Balaban J connectivity index is 1.71. The Hall–Kier alpha value is -0.570. The highest BCUT2D eigenvalue weighted by atomic mass is 79.9. The van der Waals surface area contributed by atoms with Crippen LogP contribution in [0.4, 0.5) is 0 Å². The maximum atomic E-state index is 13.8. The first-order chi connectivity index (χ1) is 13.5. The number of halogens is 3. The van der Waals surface area contributed by atoms with Crippen LogP contribution in [0.15, 0.2) is 50.2 Å². The molecule has 2 heterocycles. The molecule has 0 amide bonds. The van der Waals surface area contributed by atoms with Gasteiger partial charge in [-0.1, -0.05) is 27.5 Å². The number of ether oxygens (including phenoxy) is 2. The van der Waals surface area contributed by atoms with Crippen molar-refractivity contribution in [2.24, 2.45) is 0 Å². The minimum Gasteiger partial charge on any atom is -0.490 e. The van der Waals surface area contributed by atoms with Crippen LogP contribution in [0.25, 0.3) is 0 Å². The summed E-state index contributed by atoms with van der Waals surface area (Å²) in [7, 11) is 0. The Kier molecular flexibility index (Phi) is 6.40. The third-order valence-electron chi connectivity index (χ3n) is 4.83. The second-order valence-electron chi connectivity index (χ2n) is 6.82. The van der Waals surface area contributed by atoms with Gasteiger partial charge in [-0.05, 0) is 52.3 Å². The summed E-state index contributed by atoms with van der Waals surface area (Å²) in [5, 5.41) is 0.677. The van der Waals surface area contributed by atoms with E-state index in [1.807, 2.05) is 36.4 Å². The molecular weight excluding hydrogens is 530 g/mol. The molecule has 2 aliphatic heterocycles. The van der Waals surface area contributed by atoms with Gasteiger partial charge in [0.15, 0.2) is 5.78 Å². The lowest BCUT2D eigenvalue weighted by Crippen LogP contribution is -2.54. The van der Waals surface area contributed by atoms with Gasteiger partial charge in [0.25, 0.3) is 0 Å². The molecule has 148 valence electrons. The van der Waals surface area contributed by atoms with E-state index in [0.717, 1.165) is 26.9 Å². The summed E-state index contributed by atoms with van der Waals surface area (Å²) in [5.41, 5.74) is 0.599. The summed E-state index contributed by atoms with van der Waals surface area (Å²) in [4.78, 5) is 17.0. The second kappa shape index (κ2) is 8.66. The number of nitrogens with zero attached hydrogens (tertiary/aromatic N) is 1. The summed E-state index contributed by atoms with van der Waals surface area (Å²) in [5.74, 6) is 0.699. The average Bonchev–Trinajstić information content (AvgIpc) is 2.68. The van der Waals surface area contributed by atoms with Crippen molar-refractivity contribution in [1.29, 1.82) is 0 Å². The van der Waals surface area contributed by atoms with Crippen LogP contribution in [-0.4, -0.2) is 54.9 Å². The van der Waals surface area contributed by atoms with E-state index in [1.165, 1.54) is 0 Å². The number of ketones is 1. The minimum atomic E-state index is -0.738. The molecule has 1 fully saturated rings. The van der Waals surface area contributed by atoms with Crippen LogP contribution >= 0.6 is 55.2 Å². The Morgan fingerprint density at radius 2 is 1.86 bits per heavy atom. The Morgan fingerprint density at radius 3 is 2.57 bits per heavy atom. The molecular formula is C20H18Br2ClNO3S. The first kappa shape index (κ1) is 20.7. The summed E-state index contributed by atoms with van der Waals surface area (Å²) in [6, 6.07) is 11.3. The molecule has 4 rings (SSSR count).